The van der Waals surface area contributed by atoms with Crippen molar-refractivity contribution in [3.63, 3.8) is 0 Å². The number of fused-ring (bicyclic) bond motifs is 1. The lowest BCUT2D eigenvalue weighted by molar-refractivity contribution is 0.388. The summed E-state index contributed by atoms with van der Waals surface area (Å²) in [6, 6.07) is 21.4. The van der Waals surface area contributed by atoms with Gasteiger partial charge in [-0.2, -0.15) is 0 Å². The van der Waals surface area contributed by atoms with Crippen molar-refractivity contribution < 1.29 is 4.39 Å². The van der Waals surface area contributed by atoms with E-state index in [9.17, 15) is 4.39 Å². The summed E-state index contributed by atoms with van der Waals surface area (Å²) < 4.78 is 14.0. The molecule has 3 aromatic rings. The Kier molecular flexibility index (Phi) is 4.71. The van der Waals surface area contributed by atoms with Crippen LogP contribution in [0.3, 0.4) is 0 Å². The van der Waals surface area contributed by atoms with Gasteiger partial charge in [0.1, 0.15) is 5.82 Å². The predicted molar refractivity (Wildman–Crippen MR) is 110 cm³/mol. The van der Waals surface area contributed by atoms with E-state index in [1.807, 2.05) is 30.3 Å². The van der Waals surface area contributed by atoms with Crippen molar-refractivity contribution in [2.24, 2.45) is 0 Å². The fourth-order valence-corrected chi connectivity index (χ4v) is 3.63. The fraction of sp³-hybridized carbons (Fsp3) is 0.190. The van der Waals surface area contributed by atoms with E-state index in [0.29, 0.717) is 10.8 Å². The Bertz CT molecular complexity index is 935. The summed E-state index contributed by atoms with van der Waals surface area (Å²) >= 11 is 5.58. The zero-order valence-corrected chi connectivity index (χ0v) is 15.2. The molecule has 0 saturated carbocycles. The minimum atomic E-state index is -0.169. The number of thiocarbonyl (C=S) groups is 1. The summed E-state index contributed by atoms with van der Waals surface area (Å²) in [5.74, 6) is -0.169. The van der Waals surface area contributed by atoms with Gasteiger partial charge in [0.05, 0.1) is 5.69 Å². The molecule has 3 nitrogen and oxygen atoms in total. The first-order valence-electron chi connectivity index (χ1n) is 8.75. The van der Waals surface area contributed by atoms with Crippen LogP contribution < -0.4 is 10.2 Å². The number of para-hydroxylation sites is 1. The third-order valence-corrected chi connectivity index (χ3v) is 5.12. The number of benzene rings is 3. The fourth-order valence-electron chi connectivity index (χ4n) is 3.33. The zero-order valence-electron chi connectivity index (χ0n) is 14.4. The van der Waals surface area contributed by atoms with Crippen LogP contribution in [-0.2, 0) is 0 Å². The molecule has 26 heavy (non-hydrogen) atoms. The number of nitrogens with zero attached hydrogens (tertiary/aromatic N) is 2. The Balaban J connectivity index is 1.39. The summed E-state index contributed by atoms with van der Waals surface area (Å²) in [4.78, 5) is 4.21. The second kappa shape index (κ2) is 7.30. The van der Waals surface area contributed by atoms with E-state index in [2.05, 4.69) is 39.4 Å². The number of hydrogen-bond donors (Lipinski definition) is 1. The second-order valence-corrected chi connectivity index (χ2v) is 6.80. The number of rotatable bonds is 2. The summed E-state index contributed by atoms with van der Waals surface area (Å²) in [6.45, 7) is 3.04. The molecule has 3 aromatic carbocycles. The molecule has 1 saturated heterocycles. The maximum atomic E-state index is 14.0. The molecule has 0 spiro atoms. The van der Waals surface area contributed by atoms with Gasteiger partial charge in [-0.25, -0.2) is 4.39 Å². The molecule has 1 fully saturated rings. The maximum Gasteiger partial charge on any atom is 0.173 e. The van der Waals surface area contributed by atoms with Gasteiger partial charge in [-0.05, 0) is 47.3 Å². The molecule has 4 rings (SSSR count). The Morgan fingerprint density at radius 1 is 0.846 bits per heavy atom. The predicted octanol–water partition coefficient (Wildman–Crippen LogP) is 4.50. The Labute approximate surface area is 158 Å². The van der Waals surface area contributed by atoms with E-state index in [4.69, 9.17) is 12.2 Å². The van der Waals surface area contributed by atoms with Crippen molar-refractivity contribution >= 4 is 39.5 Å². The minimum Gasteiger partial charge on any atom is -0.366 e. The van der Waals surface area contributed by atoms with Crippen molar-refractivity contribution in [3.05, 3.63) is 72.5 Å². The van der Waals surface area contributed by atoms with Gasteiger partial charge in [0.25, 0.3) is 0 Å². The van der Waals surface area contributed by atoms with Crippen LogP contribution in [0.2, 0.25) is 0 Å². The third-order valence-electron chi connectivity index (χ3n) is 4.76. The highest BCUT2D eigenvalue weighted by atomic mass is 32.1. The first-order valence-corrected chi connectivity index (χ1v) is 9.16. The molecule has 132 valence electrons. The SMILES string of the molecule is Fc1ccccc1N1CCN(C(=S)Nc2ccc3ccccc3c2)CC1. The van der Waals surface area contributed by atoms with Gasteiger partial charge in [-0.1, -0.05) is 42.5 Å². The van der Waals surface area contributed by atoms with Gasteiger partial charge in [0.2, 0.25) is 0 Å². The van der Waals surface area contributed by atoms with Crippen LogP contribution in [0.5, 0.6) is 0 Å². The van der Waals surface area contributed by atoms with Gasteiger partial charge in [0.15, 0.2) is 5.11 Å². The molecular weight excluding hydrogens is 345 g/mol. The molecule has 0 unspecified atom stereocenters. The van der Waals surface area contributed by atoms with E-state index in [1.54, 1.807) is 6.07 Å². The summed E-state index contributed by atoms with van der Waals surface area (Å²) in [7, 11) is 0. The van der Waals surface area contributed by atoms with E-state index >= 15 is 0 Å². The molecular formula is C21H20FN3S. The maximum absolute atomic E-state index is 14.0. The van der Waals surface area contributed by atoms with E-state index in [-0.39, 0.29) is 5.82 Å². The van der Waals surface area contributed by atoms with Crippen LogP contribution in [0.25, 0.3) is 10.8 Å². The van der Waals surface area contributed by atoms with Crippen molar-refractivity contribution in [2.75, 3.05) is 36.4 Å². The summed E-state index contributed by atoms with van der Waals surface area (Å²) in [6.07, 6.45) is 0. The largest absolute Gasteiger partial charge is 0.366 e. The van der Waals surface area contributed by atoms with Gasteiger partial charge >= 0.3 is 0 Å². The first-order chi connectivity index (χ1) is 12.7. The van der Waals surface area contributed by atoms with Gasteiger partial charge in [-0.3, -0.25) is 0 Å². The number of nitrogens with one attached hydrogen (secondary N) is 1. The molecule has 1 heterocycles. The highest BCUT2D eigenvalue weighted by molar-refractivity contribution is 7.80. The molecule has 0 bridgehead atoms. The Hall–Kier alpha value is -2.66. The van der Waals surface area contributed by atoms with Gasteiger partial charge < -0.3 is 15.1 Å². The van der Waals surface area contributed by atoms with Crippen LogP contribution in [0.1, 0.15) is 0 Å². The molecule has 0 amide bonds. The van der Waals surface area contributed by atoms with Gasteiger partial charge in [0, 0.05) is 31.9 Å². The lowest BCUT2D eigenvalue weighted by atomic mass is 10.1. The number of halogens is 1. The van der Waals surface area contributed by atoms with Crippen molar-refractivity contribution in [1.82, 2.24) is 4.90 Å². The summed E-state index contributed by atoms with van der Waals surface area (Å²) in [5.41, 5.74) is 1.66. The smallest absolute Gasteiger partial charge is 0.173 e. The topological polar surface area (TPSA) is 18.5 Å². The second-order valence-electron chi connectivity index (χ2n) is 6.42. The van der Waals surface area contributed by atoms with E-state index in [1.165, 1.54) is 16.8 Å². The average Bonchev–Trinajstić information content (AvgIpc) is 2.68. The Morgan fingerprint density at radius 3 is 2.31 bits per heavy atom. The standard InChI is InChI=1S/C21H20FN3S/c22-19-7-3-4-8-20(19)24-11-13-25(14-12-24)21(26)23-18-10-9-16-5-1-2-6-17(16)15-18/h1-10,15H,11-14H2,(H,23,26). The highest BCUT2D eigenvalue weighted by Crippen LogP contribution is 2.22. The molecule has 1 aliphatic rings. The van der Waals surface area contributed by atoms with Crippen molar-refractivity contribution in [1.29, 1.82) is 0 Å². The lowest BCUT2D eigenvalue weighted by Gasteiger charge is -2.37. The van der Waals surface area contributed by atoms with E-state index in [0.717, 1.165) is 31.9 Å². The minimum absolute atomic E-state index is 0.169. The lowest BCUT2D eigenvalue weighted by Crippen LogP contribution is -2.50. The molecule has 1 aliphatic heterocycles. The van der Waals surface area contributed by atoms with Crippen LogP contribution in [0, 0.1) is 5.82 Å². The average molecular weight is 365 g/mol. The van der Waals surface area contributed by atoms with Crippen LogP contribution >= 0.6 is 12.2 Å². The number of piperazine rings is 1. The third kappa shape index (κ3) is 3.48. The normalized spacial score (nSPS) is 14.5. The molecule has 0 radical (unpaired) electrons. The molecule has 0 aromatic heterocycles. The molecule has 5 heteroatoms. The zero-order chi connectivity index (χ0) is 17.9. The number of anilines is 2. The van der Waals surface area contributed by atoms with Crippen molar-refractivity contribution in [3.8, 4) is 0 Å². The molecule has 0 atom stereocenters. The first kappa shape index (κ1) is 16.8. The highest BCUT2D eigenvalue weighted by Gasteiger charge is 2.20. The van der Waals surface area contributed by atoms with Gasteiger partial charge in [-0.15, -0.1) is 0 Å². The van der Waals surface area contributed by atoms with Crippen molar-refractivity contribution in [2.45, 2.75) is 0 Å². The summed E-state index contributed by atoms with van der Waals surface area (Å²) in [5, 5.41) is 6.45. The number of hydrogen-bond acceptors (Lipinski definition) is 2. The van der Waals surface area contributed by atoms with E-state index < -0.39 is 0 Å². The molecule has 0 aliphatic carbocycles. The molecule has 1 N–H and O–H groups in total. The van der Waals surface area contributed by atoms with Crippen LogP contribution in [0.15, 0.2) is 66.7 Å². The Morgan fingerprint density at radius 2 is 1.54 bits per heavy atom. The quantitative estimate of drug-likeness (QED) is 0.674. The van der Waals surface area contributed by atoms with Crippen LogP contribution in [-0.4, -0.2) is 36.2 Å². The van der Waals surface area contributed by atoms with Crippen LogP contribution in [0.4, 0.5) is 15.8 Å². The monoisotopic (exact) mass is 365 g/mol.